The summed E-state index contributed by atoms with van der Waals surface area (Å²) in [6.07, 6.45) is 0. The van der Waals surface area contributed by atoms with Crippen LogP contribution in [0, 0.1) is 12.8 Å². The number of hydrogen-bond acceptors (Lipinski definition) is 4. The predicted molar refractivity (Wildman–Crippen MR) is 82.8 cm³/mol. The number of hydrogen-bond donors (Lipinski definition) is 2. The number of primary amides is 1. The fourth-order valence-electron chi connectivity index (χ4n) is 2.32. The van der Waals surface area contributed by atoms with E-state index in [0.717, 1.165) is 0 Å². The van der Waals surface area contributed by atoms with E-state index < -0.39 is 15.9 Å². The van der Waals surface area contributed by atoms with Gasteiger partial charge in [0.15, 0.2) is 0 Å². The molecule has 6 nitrogen and oxygen atoms in total. The lowest BCUT2D eigenvalue weighted by Crippen LogP contribution is -2.32. The van der Waals surface area contributed by atoms with Crippen LogP contribution in [-0.4, -0.2) is 37.8 Å². The second-order valence-corrected chi connectivity index (χ2v) is 7.24. The number of amides is 1. The summed E-state index contributed by atoms with van der Waals surface area (Å²) in [5.74, 6) is -0.517. The minimum Gasteiger partial charge on any atom is -0.366 e. The van der Waals surface area contributed by atoms with Gasteiger partial charge in [0.1, 0.15) is 0 Å². The van der Waals surface area contributed by atoms with Gasteiger partial charge in [-0.1, -0.05) is 13.0 Å². The lowest BCUT2D eigenvalue weighted by molar-refractivity contribution is 0.0999. The van der Waals surface area contributed by atoms with Crippen LogP contribution in [0.1, 0.15) is 22.8 Å². The van der Waals surface area contributed by atoms with Crippen LogP contribution in [0.15, 0.2) is 23.1 Å². The quantitative estimate of drug-likeness (QED) is 0.839. The van der Waals surface area contributed by atoms with Crippen LogP contribution in [0.4, 0.5) is 0 Å². The van der Waals surface area contributed by atoms with Crippen LogP contribution >= 0.6 is 12.4 Å². The van der Waals surface area contributed by atoms with Crippen molar-refractivity contribution >= 4 is 28.3 Å². The Hall–Kier alpha value is -1.15. The number of aryl methyl sites for hydroxylation is 1. The molecule has 1 aliphatic heterocycles. The number of nitrogens with zero attached hydrogens (tertiary/aromatic N) is 1. The van der Waals surface area contributed by atoms with Crippen molar-refractivity contribution in [1.82, 2.24) is 4.31 Å². The van der Waals surface area contributed by atoms with Gasteiger partial charge in [-0.25, -0.2) is 8.42 Å². The molecule has 1 heterocycles. The Labute approximate surface area is 130 Å². The third-order valence-corrected chi connectivity index (χ3v) is 5.58. The van der Waals surface area contributed by atoms with Crippen LogP contribution in [0.3, 0.4) is 0 Å². The maximum atomic E-state index is 12.5. The van der Waals surface area contributed by atoms with E-state index in [1.54, 1.807) is 13.0 Å². The summed E-state index contributed by atoms with van der Waals surface area (Å²) < 4.78 is 26.4. The number of nitrogens with two attached hydrogens (primary N) is 2. The van der Waals surface area contributed by atoms with Crippen molar-refractivity contribution < 1.29 is 13.2 Å². The Bertz CT molecular complexity index is 638. The largest absolute Gasteiger partial charge is 0.366 e. The molecule has 1 amide bonds. The fraction of sp³-hybridized carbons (Fsp3) is 0.462. The number of halogens is 1. The Balaban J connectivity index is 0.00000220. The molecule has 21 heavy (non-hydrogen) atoms. The topological polar surface area (TPSA) is 106 Å². The second-order valence-electron chi connectivity index (χ2n) is 5.30. The van der Waals surface area contributed by atoms with E-state index in [1.165, 1.54) is 16.4 Å². The molecule has 1 aliphatic rings. The molecule has 0 aliphatic carbocycles. The summed E-state index contributed by atoms with van der Waals surface area (Å²) in [4.78, 5) is 11.4. The molecule has 2 rings (SSSR count). The first kappa shape index (κ1) is 17.9. The van der Waals surface area contributed by atoms with Crippen molar-refractivity contribution in [3.05, 3.63) is 29.3 Å². The summed E-state index contributed by atoms with van der Waals surface area (Å²) in [5.41, 5.74) is 12.0. The van der Waals surface area contributed by atoms with Gasteiger partial charge in [-0.05, 0) is 30.5 Å². The maximum Gasteiger partial charge on any atom is 0.249 e. The van der Waals surface area contributed by atoms with E-state index in [2.05, 4.69) is 0 Å². The van der Waals surface area contributed by atoms with E-state index in [1.807, 2.05) is 6.92 Å². The Morgan fingerprint density at radius 2 is 1.95 bits per heavy atom. The van der Waals surface area contributed by atoms with Gasteiger partial charge in [-0.2, -0.15) is 4.31 Å². The van der Waals surface area contributed by atoms with Gasteiger partial charge >= 0.3 is 0 Å². The van der Waals surface area contributed by atoms with Crippen molar-refractivity contribution in [1.29, 1.82) is 0 Å². The SMILES string of the molecule is Cc1ccc(S(=O)(=O)N2CC(C)C(N)C2)cc1C(N)=O.Cl. The third-order valence-electron chi connectivity index (χ3n) is 3.75. The standard InChI is InChI=1S/C13H19N3O3S.ClH/c1-8-3-4-10(5-11(8)13(15)17)20(18,19)16-6-9(2)12(14)7-16;/h3-5,9,12H,6-7,14H2,1-2H3,(H2,15,17);1H. The van der Waals surface area contributed by atoms with Crippen LogP contribution in [0.25, 0.3) is 0 Å². The Morgan fingerprint density at radius 3 is 2.43 bits per heavy atom. The summed E-state index contributed by atoms with van der Waals surface area (Å²) in [7, 11) is -3.63. The highest BCUT2D eigenvalue weighted by Crippen LogP contribution is 2.25. The summed E-state index contributed by atoms with van der Waals surface area (Å²) in [6.45, 7) is 4.32. The van der Waals surface area contributed by atoms with Crippen molar-refractivity contribution in [2.75, 3.05) is 13.1 Å². The molecular weight excluding hydrogens is 314 g/mol. The van der Waals surface area contributed by atoms with E-state index in [-0.39, 0.29) is 34.8 Å². The maximum absolute atomic E-state index is 12.5. The number of carbonyl (C=O) groups excluding carboxylic acids is 1. The van der Waals surface area contributed by atoms with E-state index in [9.17, 15) is 13.2 Å². The third kappa shape index (κ3) is 3.37. The first-order valence-corrected chi connectivity index (χ1v) is 7.83. The summed E-state index contributed by atoms with van der Waals surface area (Å²) in [5, 5.41) is 0. The van der Waals surface area contributed by atoms with Crippen molar-refractivity contribution in [3.8, 4) is 0 Å². The highest BCUT2D eigenvalue weighted by molar-refractivity contribution is 7.89. The monoisotopic (exact) mass is 333 g/mol. The molecule has 0 aromatic heterocycles. The lowest BCUT2D eigenvalue weighted by Gasteiger charge is -2.17. The van der Waals surface area contributed by atoms with Crippen LogP contribution in [0.5, 0.6) is 0 Å². The lowest BCUT2D eigenvalue weighted by atomic mass is 10.1. The van der Waals surface area contributed by atoms with Crippen molar-refractivity contribution in [3.63, 3.8) is 0 Å². The zero-order valence-electron chi connectivity index (χ0n) is 11.9. The van der Waals surface area contributed by atoms with Gasteiger partial charge in [0.05, 0.1) is 4.90 Å². The van der Waals surface area contributed by atoms with E-state index in [4.69, 9.17) is 11.5 Å². The molecule has 0 radical (unpaired) electrons. The minimum absolute atomic E-state index is 0. The normalized spacial score (nSPS) is 22.8. The highest BCUT2D eigenvalue weighted by atomic mass is 35.5. The first-order valence-electron chi connectivity index (χ1n) is 6.39. The summed E-state index contributed by atoms with van der Waals surface area (Å²) in [6, 6.07) is 4.25. The fourth-order valence-corrected chi connectivity index (χ4v) is 3.92. The Kier molecular flexibility index (Phi) is 5.38. The number of benzene rings is 1. The molecule has 0 spiro atoms. The molecule has 4 N–H and O–H groups in total. The molecule has 2 atom stereocenters. The van der Waals surface area contributed by atoms with Gasteiger partial charge in [0.25, 0.3) is 0 Å². The van der Waals surface area contributed by atoms with E-state index >= 15 is 0 Å². The van der Waals surface area contributed by atoms with Crippen LogP contribution in [-0.2, 0) is 10.0 Å². The average molecular weight is 334 g/mol. The summed E-state index contributed by atoms with van der Waals surface area (Å²) >= 11 is 0. The molecular formula is C13H20ClN3O3S. The first-order chi connectivity index (χ1) is 9.23. The van der Waals surface area contributed by atoms with E-state index in [0.29, 0.717) is 18.7 Å². The molecule has 1 aromatic rings. The Morgan fingerprint density at radius 1 is 1.33 bits per heavy atom. The van der Waals surface area contributed by atoms with Crippen LogP contribution < -0.4 is 11.5 Å². The molecule has 2 unspecified atom stereocenters. The van der Waals surface area contributed by atoms with Gasteiger partial charge in [-0.15, -0.1) is 12.4 Å². The predicted octanol–water partition coefficient (Wildman–Crippen LogP) is 0.483. The number of sulfonamides is 1. The highest BCUT2D eigenvalue weighted by Gasteiger charge is 2.35. The zero-order chi connectivity index (χ0) is 15.1. The molecule has 8 heteroatoms. The van der Waals surface area contributed by atoms with Crippen molar-refractivity contribution in [2.45, 2.75) is 24.8 Å². The molecule has 0 saturated carbocycles. The number of rotatable bonds is 3. The molecule has 1 aromatic carbocycles. The zero-order valence-corrected chi connectivity index (χ0v) is 13.6. The van der Waals surface area contributed by atoms with Gasteiger partial charge < -0.3 is 11.5 Å². The minimum atomic E-state index is -3.63. The van der Waals surface area contributed by atoms with Crippen LogP contribution in [0.2, 0.25) is 0 Å². The average Bonchev–Trinajstić information content (AvgIpc) is 2.70. The van der Waals surface area contributed by atoms with Crippen molar-refractivity contribution in [2.24, 2.45) is 17.4 Å². The van der Waals surface area contributed by atoms with Gasteiger partial charge in [-0.3, -0.25) is 4.79 Å². The molecule has 118 valence electrons. The molecule has 1 fully saturated rings. The molecule has 0 bridgehead atoms. The second kappa shape index (κ2) is 6.31. The molecule has 1 saturated heterocycles. The number of carbonyl (C=O) groups is 1. The smallest absolute Gasteiger partial charge is 0.249 e. The van der Waals surface area contributed by atoms with Gasteiger partial charge in [0.2, 0.25) is 15.9 Å². The van der Waals surface area contributed by atoms with Gasteiger partial charge in [0, 0.05) is 24.7 Å².